The lowest BCUT2D eigenvalue weighted by Gasteiger charge is -2.03. The maximum atomic E-state index is 5.97. The fourth-order valence-electron chi connectivity index (χ4n) is 2.55. The van der Waals surface area contributed by atoms with Crippen LogP contribution in [0.5, 0.6) is 0 Å². The minimum Gasteiger partial charge on any atom is -0.436 e. The lowest BCUT2D eigenvalue weighted by molar-refractivity contribution is 0.617. The summed E-state index contributed by atoms with van der Waals surface area (Å²) in [5.41, 5.74) is 4.92. The van der Waals surface area contributed by atoms with Crippen LogP contribution in [0.2, 0.25) is 0 Å². The monoisotopic (exact) mass is 400 g/mol. The van der Waals surface area contributed by atoms with E-state index < -0.39 is 0 Å². The van der Waals surface area contributed by atoms with Crippen molar-refractivity contribution in [2.45, 2.75) is 6.92 Å². The molecule has 0 saturated heterocycles. The highest BCUT2D eigenvalue weighted by atomic mass is 127. The summed E-state index contributed by atoms with van der Waals surface area (Å²) in [5.74, 6) is 0.666. The van der Waals surface area contributed by atoms with E-state index in [0.717, 1.165) is 27.9 Å². The summed E-state index contributed by atoms with van der Waals surface area (Å²) >= 11 is 2.29. The van der Waals surface area contributed by atoms with Crippen LogP contribution >= 0.6 is 22.6 Å². The van der Waals surface area contributed by atoms with Crippen molar-refractivity contribution in [1.29, 1.82) is 0 Å². The highest BCUT2D eigenvalue weighted by molar-refractivity contribution is 14.1. The van der Waals surface area contributed by atoms with Crippen LogP contribution in [-0.2, 0) is 0 Å². The van der Waals surface area contributed by atoms with E-state index in [1.165, 1.54) is 3.57 Å². The molecule has 0 aliphatic heterocycles. The van der Waals surface area contributed by atoms with E-state index in [1.807, 2.05) is 36.7 Å². The van der Waals surface area contributed by atoms with Gasteiger partial charge in [-0.05, 0) is 83.6 Å². The van der Waals surface area contributed by atoms with E-state index in [4.69, 9.17) is 4.42 Å². The average Bonchev–Trinajstić information content (AvgIpc) is 3.17. The standard InChI is InChI=1S/C18H13IN2O/c1-12-10-15(21-8-2-3-9-21)11-16-17(12)22-18(20-16)13-4-6-14(19)7-5-13/h2-11H,1H3. The SMILES string of the molecule is Cc1cc(-n2cccc2)cc2nc(-c3ccc(I)cc3)oc12. The number of fused-ring (bicyclic) bond motifs is 1. The minimum absolute atomic E-state index is 0.666. The first-order chi connectivity index (χ1) is 10.7. The summed E-state index contributed by atoms with van der Waals surface area (Å²) in [7, 11) is 0. The van der Waals surface area contributed by atoms with E-state index in [0.29, 0.717) is 5.89 Å². The lowest BCUT2D eigenvalue weighted by atomic mass is 10.2. The van der Waals surface area contributed by atoms with Gasteiger partial charge in [0.15, 0.2) is 5.58 Å². The largest absolute Gasteiger partial charge is 0.436 e. The van der Waals surface area contributed by atoms with E-state index in [9.17, 15) is 0 Å². The summed E-state index contributed by atoms with van der Waals surface area (Å²) < 4.78 is 9.25. The van der Waals surface area contributed by atoms with Crippen molar-refractivity contribution >= 4 is 33.7 Å². The van der Waals surface area contributed by atoms with Gasteiger partial charge in [-0.1, -0.05) is 0 Å². The van der Waals surface area contributed by atoms with Crippen LogP contribution in [0.3, 0.4) is 0 Å². The Balaban J connectivity index is 1.87. The van der Waals surface area contributed by atoms with Crippen LogP contribution in [0.15, 0.2) is 65.3 Å². The number of hydrogen-bond donors (Lipinski definition) is 0. The van der Waals surface area contributed by atoms with Crippen molar-refractivity contribution in [3.8, 4) is 17.1 Å². The number of aromatic nitrogens is 2. The van der Waals surface area contributed by atoms with Gasteiger partial charge in [-0.25, -0.2) is 4.98 Å². The van der Waals surface area contributed by atoms with Gasteiger partial charge in [0.2, 0.25) is 5.89 Å². The fourth-order valence-corrected chi connectivity index (χ4v) is 2.91. The predicted octanol–water partition coefficient (Wildman–Crippen LogP) is 5.20. The van der Waals surface area contributed by atoms with Crippen LogP contribution in [0.1, 0.15) is 5.56 Å². The van der Waals surface area contributed by atoms with Crippen LogP contribution in [-0.4, -0.2) is 9.55 Å². The Kier molecular flexibility index (Phi) is 3.26. The van der Waals surface area contributed by atoms with Crippen molar-refractivity contribution in [3.63, 3.8) is 0 Å². The molecule has 2 aromatic heterocycles. The molecule has 2 aromatic carbocycles. The van der Waals surface area contributed by atoms with Gasteiger partial charge in [0.05, 0.1) is 0 Å². The molecule has 2 heterocycles. The van der Waals surface area contributed by atoms with Gasteiger partial charge < -0.3 is 8.98 Å². The minimum atomic E-state index is 0.666. The molecule has 108 valence electrons. The molecule has 0 amide bonds. The molecule has 4 heteroatoms. The number of rotatable bonds is 2. The summed E-state index contributed by atoms with van der Waals surface area (Å²) in [5, 5.41) is 0. The van der Waals surface area contributed by atoms with Crippen molar-refractivity contribution in [2.75, 3.05) is 0 Å². The number of halogens is 1. The third-order valence-corrected chi connectivity index (χ3v) is 4.37. The van der Waals surface area contributed by atoms with Crippen LogP contribution < -0.4 is 0 Å². The van der Waals surface area contributed by atoms with Gasteiger partial charge in [-0.3, -0.25) is 0 Å². The van der Waals surface area contributed by atoms with Crippen LogP contribution in [0.25, 0.3) is 28.2 Å². The first kappa shape index (κ1) is 13.6. The Labute approximate surface area is 141 Å². The van der Waals surface area contributed by atoms with Gasteiger partial charge >= 0.3 is 0 Å². The lowest BCUT2D eigenvalue weighted by Crippen LogP contribution is -1.90. The molecule has 0 saturated carbocycles. The molecule has 22 heavy (non-hydrogen) atoms. The van der Waals surface area contributed by atoms with E-state index in [2.05, 4.69) is 63.3 Å². The maximum Gasteiger partial charge on any atom is 0.227 e. The molecule has 4 rings (SSSR count). The zero-order chi connectivity index (χ0) is 15.1. The smallest absolute Gasteiger partial charge is 0.227 e. The number of hydrogen-bond acceptors (Lipinski definition) is 2. The molecule has 3 nitrogen and oxygen atoms in total. The Hall–Kier alpha value is -2.08. The van der Waals surface area contributed by atoms with Crippen molar-refractivity contribution in [2.24, 2.45) is 0 Å². The molecule has 4 aromatic rings. The summed E-state index contributed by atoms with van der Waals surface area (Å²) in [6.07, 6.45) is 4.06. The second kappa shape index (κ2) is 5.28. The Bertz CT molecular complexity index is 937. The number of oxazole rings is 1. The average molecular weight is 400 g/mol. The van der Waals surface area contributed by atoms with Gasteiger partial charge in [0.25, 0.3) is 0 Å². The Morgan fingerprint density at radius 2 is 1.77 bits per heavy atom. The zero-order valence-corrected chi connectivity index (χ0v) is 14.1. The quantitative estimate of drug-likeness (QED) is 0.433. The van der Waals surface area contributed by atoms with E-state index in [-0.39, 0.29) is 0 Å². The van der Waals surface area contributed by atoms with E-state index in [1.54, 1.807) is 0 Å². The molecule has 0 aliphatic carbocycles. The summed E-state index contributed by atoms with van der Waals surface area (Å²) in [6.45, 7) is 2.05. The molecule has 0 spiro atoms. The number of nitrogens with zero attached hydrogens (tertiary/aromatic N) is 2. The third-order valence-electron chi connectivity index (χ3n) is 3.65. The van der Waals surface area contributed by atoms with Crippen molar-refractivity contribution in [3.05, 3.63) is 70.1 Å². The Morgan fingerprint density at radius 3 is 2.50 bits per heavy atom. The first-order valence-electron chi connectivity index (χ1n) is 7.01. The van der Waals surface area contributed by atoms with Gasteiger partial charge in [0.1, 0.15) is 5.52 Å². The maximum absolute atomic E-state index is 5.97. The number of benzene rings is 2. The molecule has 0 N–H and O–H groups in total. The fraction of sp³-hybridized carbons (Fsp3) is 0.0556. The topological polar surface area (TPSA) is 31.0 Å². The highest BCUT2D eigenvalue weighted by Crippen LogP contribution is 2.28. The third kappa shape index (κ3) is 2.33. The Morgan fingerprint density at radius 1 is 1.05 bits per heavy atom. The van der Waals surface area contributed by atoms with E-state index >= 15 is 0 Å². The molecule has 0 atom stereocenters. The number of aryl methyl sites for hydroxylation is 1. The second-order valence-corrected chi connectivity index (χ2v) is 6.47. The molecular weight excluding hydrogens is 387 g/mol. The van der Waals surface area contributed by atoms with Gasteiger partial charge in [-0.15, -0.1) is 0 Å². The second-order valence-electron chi connectivity index (χ2n) is 5.23. The molecule has 0 bridgehead atoms. The zero-order valence-electron chi connectivity index (χ0n) is 12.0. The molecule has 0 fully saturated rings. The van der Waals surface area contributed by atoms with Crippen LogP contribution in [0.4, 0.5) is 0 Å². The predicted molar refractivity (Wildman–Crippen MR) is 96.2 cm³/mol. The summed E-state index contributed by atoms with van der Waals surface area (Å²) in [4.78, 5) is 4.66. The van der Waals surface area contributed by atoms with Crippen LogP contribution in [0, 0.1) is 10.5 Å². The van der Waals surface area contributed by atoms with Crippen molar-refractivity contribution in [1.82, 2.24) is 9.55 Å². The normalized spacial score (nSPS) is 11.2. The highest BCUT2D eigenvalue weighted by Gasteiger charge is 2.12. The van der Waals surface area contributed by atoms with Gasteiger partial charge in [-0.2, -0.15) is 0 Å². The molecule has 0 aliphatic rings. The first-order valence-corrected chi connectivity index (χ1v) is 8.09. The summed E-state index contributed by atoms with van der Waals surface area (Å²) in [6, 6.07) is 16.4. The molecular formula is C18H13IN2O. The van der Waals surface area contributed by atoms with Gasteiger partial charge in [0, 0.05) is 27.2 Å². The molecule has 0 unspecified atom stereocenters. The molecule has 0 radical (unpaired) electrons. The van der Waals surface area contributed by atoms with Crippen molar-refractivity contribution < 1.29 is 4.42 Å².